The lowest BCUT2D eigenvalue weighted by molar-refractivity contribution is 0.0875. The number of nitrogens with zero attached hydrogens (tertiary/aromatic N) is 2. The first-order valence-electron chi connectivity index (χ1n) is 8.53. The third-order valence-corrected chi connectivity index (χ3v) is 6.74. The molecule has 0 atom stereocenters. The second-order valence-electron chi connectivity index (χ2n) is 6.52. The standard InChI is InChI=1S/C20H20N2O3S/c1-15-6-8-16(9-7-15)20(23)17-10-12-22(13-11-17)26(24,25)19-5-3-2-4-18(19)14-21/h2-9,17H,10-13H2,1H3. The molecule has 0 radical (unpaired) electrons. The smallest absolute Gasteiger partial charge is 0.244 e. The molecule has 26 heavy (non-hydrogen) atoms. The number of carbonyl (C=O) groups is 1. The summed E-state index contributed by atoms with van der Waals surface area (Å²) in [5.41, 5.74) is 1.91. The Morgan fingerprint density at radius 2 is 1.69 bits per heavy atom. The van der Waals surface area contributed by atoms with Crippen molar-refractivity contribution < 1.29 is 13.2 Å². The molecular formula is C20H20N2O3S. The monoisotopic (exact) mass is 368 g/mol. The molecule has 3 rings (SSSR count). The maximum atomic E-state index is 12.8. The molecule has 1 aliphatic heterocycles. The molecule has 134 valence electrons. The number of benzene rings is 2. The van der Waals surface area contributed by atoms with Crippen LogP contribution in [-0.2, 0) is 10.0 Å². The van der Waals surface area contributed by atoms with Crippen LogP contribution in [0, 0.1) is 24.2 Å². The molecule has 6 heteroatoms. The molecule has 1 heterocycles. The van der Waals surface area contributed by atoms with Gasteiger partial charge in [0.2, 0.25) is 10.0 Å². The molecule has 0 spiro atoms. The van der Waals surface area contributed by atoms with E-state index in [1.54, 1.807) is 12.1 Å². The zero-order chi connectivity index (χ0) is 18.7. The largest absolute Gasteiger partial charge is 0.294 e. The van der Waals surface area contributed by atoms with Gasteiger partial charge in [-0.05, 0) is 31.9 Å². The Bertz CT molecular complexity index is 951. The minimum atomic E-state index is -3.72. The van der Waals surface area contributed by atoms with E-state index in [0.29, 0.717) is 18.4 Å². The van der Waals surface area contributed by atoms with Crippen LogP contribution in [0.2, 0.25) is 0 Å². The Morgan fingerprint density at radius 3 is 2.31 bits per heavy atom. The average molecular weight is 368 g/mol. The summed E-state index contributed by atoms with van der Waals surface area (Å²) < 4.78 is 27.1. The molecule has 0 amide bonds. The first-order valence-corrected chi connectivity index (χ1v) is 9.97. The molecular weight excluding hydrogens is 348 g/mol. The summed E-state index contributed by atoms with van der Waals surface area (Å²) in [6, 6.07) is 15.6. The van der Waals surface area contributed by atoms with Gasteiger partial charge in [0.15, 0.2) is 5.78 Å². The van der Waals surface area contributed by atoms with Gasteiger partial charge in [0.1, 0.15) is 6.07 Å². The lowest BCUT2D eigenvalue weighted by atomic mass is 9.89. The number of hydrogen-bond donors (Lipinski definition) is 0. The van der Waals surface area contributed by atoms with Gasteiger partial charge in [-0.25, -0.2) is 8.42 Å². The summed E-state index contributed by atoms with van der Waals surface area (Å²) in [5, 5.41) is 9.16. The Kier molecular flexibility index (Phi) is 5.21. The van der Waals surface area contributed by atoms with Crippen molar-refractivity contribution in [3.05, 3.63) is 65.2 Å². The van der Waals surface area contributed by atoms with Gasteiger partial charge in [-0.15, -0.1) is 0 Å². The van der Waals surface area contributed by atoms with Gasteiger partial charge in [0.05, 0.1) is 10.5 Å². The van der Waals surface area contributed by atoms with Crippen molar-refractivity contribution in [2.45, 2.75) is 24.7 Å². The van der Waals surface area contributed by atoms with Crippen LogP contribution in [0.25, 0.3) is 0 Å². The maximum absolute atomic E-state index is 12.8. The van der Waals surface area contributed by atoms with Gasteiger partial charge in [0, 0.05) is 24.6 Å². The quantitative estimate of drug-likeness (QED) is 0.777. The van der Waals surface area contributed by atoms with Crippen LogP contribution in [0.15, 0.2) is 53.4 Å². The fraction of sp³-hybridized carbons (Fsp3) is 0.300. The second kappa shape index (κ2) is 7.40. The summed E-state index contributed by atoms with van der Waals surface area (Å²) in [4.78, 5) is 12.7. The minimum Gasteiger partial charge on any atom is -0.294 e. The molecule has 2 aromatic carbocycles. The van der Waals surface area contributed by atoms with E-state index in [-0.39, 0.29) is 35.2 Å². The summed E-state index contributed by atoms with van der Waals surface area (Å²) in [7, 11) is -3.72. The summed E-state index contributed by atoms with van der Waals surface area (Å²) in [6.07, 6.45) is 0.974. The number of ketones is 1. The highest BCUT2D eigenvalue weighted by Gasteiger charge is 2.33. The lowest BCUT2D eigenvalue weighted by Gasteiger charge is -2.30. The van der Waals surface area contributed by atoms with Crippen molar-refractivity contribution in [2.75, 3.05) is 13.1 Å². The molecule has 0 bridgehead atoms. The second-order valence-corrected chi connectivity index (χ2v) is 8.42. The fourth-order valence-corrected chi connectivity index (χ4v) is 4.85. The van der Waals surface area contributed by atoms with Gasteiger partial charge in [0.25, 0.3) is 0 Å². The molecule has 0 aromatic heterocycles. The van der Waals surface area contributed by atoms with E-state index >= 15 is 0 Å². The summed E-state index contributed by atoms with van der Waals surface area (Å²) in [6.45, 7) is 2.53. The van der Waals surface area contributed by atoms with Gasteiger partial charge >= 0.3 is 0 Å². The normalized spacial score (nSPS) is 16.2. The van der Waals surface area contributed by atoms with Crippen molar-refractivity contribution in [1.29, 1.82) is 5.26 Å². The number of sulfonamides is 1. The Balaban J connectivity index is 1.73. The molecule has 0 aliphatic carbocycles. The molecule has 0 unspecified atom stereocenters. The zero-order valence-corrected chi connectivity index (χ0v) is 15.4. The minimum absolute atomic E-state index is 0.0332. The van der Waals surface area contributed by atoms with Gasteiger partial charge < -0.3 is 0 Å². The predicted octanol–water partition coefficient (Wildman–Crippen LogP) is 3.15. The van der Waals surface area contributed by atoms with Crippen molar-refractivity contribution in [3.8, 4) is 6.07 Å². The number of aryl methyl sites for hydroxylation is 1. The van der Waals surface area contributed by atoms with E-state index in [9.17, 15) is 13.2 Å². The Labute approximate surface area is 153 Å². The SMILES string of the molecule is Cc1ccc(C(=O)C2CCN(S(=O)(=O)c3ccccc3C#N)CC2)cc1. The van der Waals surface area contributed by atoms with Crippen molar-refractivity contribution in [3.63, 3.8) is 0 Å². The third-order valence-electron chi connectivity index (χ3n) is 4.79. The van der Waals surface area contributed by atoms with Crippen molar-refractivity contribution in [1.82, 2.24) is 4.31 Å². The van der Waals surface area contributed by atoms with E-state index in [2.05, 4.69) is 0 Å². The number of rotatable bonds is 4. The number of Topliss-reactive ketones (excluding diaryl/α,β-unsaturated/α-hetero) is 1. The molecule has 5 nitrogen and oxygen atoms in total. The van der Waals surface area contributed by atoms with E-state index in [1.807, 2.05) is 37.3 Å². The average Bonchev–Trinajstić information content (AvgIpc) is 2.68. The Hall–Kier alpha value is -2.49. The van der Waals surface area contributed by atoms with Crippen LogP contribution < -0.4 is 0 Å². The predicted molar refractivity (Wildman–Crippen MR) is 98.1 cm³/mol. The van der Waals surface area contributed by atoms with E-state index in [1.165, 1.54) is 16.4 Å². The van der Waals surface area contributed by atoms with Crippen molar-refractivity contribution >= 4 is 15.8 Å². The van der Waals surface area contributed by atoms with Crippen LogP contribution in [0.5, 0.6) is 0 Å². The molecule has 2 aromatic rings. The highest BCUT2D eigenvalue weighted by atomic mass is 32.2. The Morgan fingerprint density at radius 1 is 1.08 bits per heavy atom. The van der Waals surface area contributed by atoms with Crippen LogP contribution in [0.3, 0.4) is 0 Å². The van der Waals surface area contributed by atoms with Crippen LogP contribution in [0.1, 0.15) is 34.3 Å². The topological polar surface area (TPSA) is 78.2 Å². The van der Waals surface area contributed by atoms with Gasteiger partial charge in [-0.2, -0.15) is 9.57 Å². The van der Waals surface area contributed by atoms with Gasteiger partial charge in [-0.1, -0.05) is 42.0 Å². The lowest BCUT2D eigenvalue weighted by Crippen LogP contribution is -2.40. The highest BCUT2D eigenvalue weighted by molar-refractivity contribution is 7.89. The molecule has 1 aliphatic rings. The van der Waals surface area contributed by atoms with Gasteiger partial charge in [-0.3, -0.25) is 4.79 Å². The highest BCUT2D eigenvalue weighted by Crippen LogP contribution is 2.27. The number of carbonyl (C=O) groups excluding carboxylic acids is 1. The van der Waals surface area contributed by atoms with Crippen LogP contribution in [-0.4, -0.2) is 31.6 Å². The van der Waals surface area contributed by atoms with Crippen molar-refractivity contribution in [2.24, 2.45) is 5.92 Å². The number of nitriles is 1. The number of hydrogen-bond acceptors (Lipinski definition) is 4. The van der Waals surface area contributed by atoms with E-state index in [0.717, 1.165) is 5.56 Å². The third kappa shape index (κ3) is 3.55. The number of piperidine rings is 1. The maximum Gasteiger partial charge on any atom is 0.244 e. The molecule has 1 fully saturated rings. The first-order chi connectivity index (χ1) is 12.4. The summed E-state index contributed by atoms with van der Waals surface area (Å²) in [5.74, 6) is -0.102. The van der Waals surface area contributed by atoms with E-state index in [4.69, 9.17) is 5.26 Å². The molecule has 0 N–H and O–H groups in total. The molecule has 1 saturated heterocycles. The fourth-order valence-electron chi connectivity index (χ4n) is 3.23. The van der Waals surface area contributed by atoms with Crippen LogP contribution in [0.4, 0.5) is 0 Å². The zero-order valence-electron chi connectivity index (χ0n) is 14.6. The summed E-state index contributed by atoms with van der Waals surface area (Å²) >= 11 is 0. The van der Waals surface area contributed by atoms with E-state index < -0.39 is 10.0 Å². The molecule has 0 saturated carbocycles. The first kappa shape index (κ1) is 18.3. The van der Waals surface area contributed by atoms with Crippen LogP contribution >= 0.6 is 0 Å².